The number of methoxy groups -OCH3 is 1. The first-order valence-corrected chi connectivity index (χ1v) is 23.3. The molecule has 58 heavy (non-hydrogen) atoms. The average molecular weight is 826 g/mol. The van der Waals surface area contributed by atoms with E-state index >= 15 is 0 Å². The molecule has 0 aliphatic rings. The van der Waals surface area contributed by atoms with Crippen LogP contribution in [0, 0.1) is 22.7 Å². The first-order valence-electron chi connectivity index (χ1n) is 22.2. The Balaban J connectivity index is 0.00000407. The number of anilines is 1. The Bertz CT molecular complexity index is 1510. The average Bonchev–Trinajstić information content (AvgIpc) is 3.70. The Labute approximate surface area is 352 Å². The fourth-order valence-electron chi connectivity index (χ4n) is 6.52. The number of unbranched alkanes of at least 4 members (excludes halogenated alkanes) is 17. The monoisotopic (exact) mass is 826 g/mol. The third kappa shape index (κ3) is 22.2. The molecule has 3 aromatic rings. The van der Waals surface area contributed by atoms with E-state index in [9.17, 15) is 10.2 Å². The molecule has 12 nitrogen and oxygen atoms in total. The molecule has 0 aromatic carbocycles. The second-order valence-corrected chi connectivity index (χ2v) is 15.3. The van der Waals surface area contributed by atoms with E-state index < -0.39 is 14.2 Å². The van der Waals surface area contributed by atoms with Crippen molar-refractivity contribution >= 4 is 19.9 Å². The summed E-state index contributed by atoms with van der Waals surface area (Å²) in [6.07, 6.45) is 28.1. The van der Waals surface area contributed by atoms with Crippen LogP contribution in [-0.4, -0.2) is 56.5 Å². The summed E-state index contributed by atoms with van der Waals surface area (Å²) in [7, 11) is -0.842. The lowest BCUT2D eigenvalue weighted by molar-refractivity contribution is -0.0212. The van der Waals surface area contributed by atoms with Crippen LogP contribution in [0.1, 0.15) is 180 Å². The number of rotatable bonds is 32. The molecule has 0 saturated carbocycles. The minimum atomic E-state index is -2.29. The lowest BCUT2D eigenvalue weighted by Crippen LogP contribution is -2.35. The molecule has 3 N–H and O–H groups in total. The highest BCUT2D eigenvalue weighted by Crippen LogP contribution is 2.36. The van der Waals surface area contributed by atoms with Crippen molar-refractivity contribution in [1.82, 2.24) is 19.6 Å². The van der Waals surface area contributed by atoms with E-state index in [4.69, 9.17) is 29.5 Å². The third-order valence-electron chi connectivity index (χ3n) is 10.0. The van der Waals surface area contributed by atoms with E-state index in [2.05, 4.69) is 28.1 Å². The number of fused-ring (bicyclic) bond motifs is 1. The molecule has 3 atom stereocenters. The van der Waals surface area contributed by atoms with Crippen molar-refractivity contribution in [3.63, 3.8) is 0 Å². The Kier molecular flexibility index (Phi) is 31.5. The predicted molar refractivity (Wildman–Crippen MR) is 236 cm³/mol. The minimum Gasteiger partial charge on any atom is -0.382 e. The maximum Gasteiger partial charge on any atom is 0.330 e. The first kappa shape index (κ1) is 52.8. The Hall–Kier alpha value is -3.22. The molecule has 0 bridgehead atoms. The third-order valence-corrected chi connectivity index (χ3v) is 10.7. The zero-order valence-electron chi connectivity index (χ0n) is 36.8. The molecule has 13 heteroatoms. The highest BCUT2D eigenvalue weighted by atomic mass is 31.2. The quantitative estimate of drug-likeness (QED) is 0.0453. The Morgan fingerprint density at radius 3 is 1.91 bits per heavy atom. The van der Waals surface area contributed by atoms with Crippen molar-refractivity contribution in [3.8, 4) is 12.1 Å². The molecule has 0 fully saturated rings. The summed E-state index contributed by atoms with van der Waals surface area (Å²) in [5, 5.41) is 23.3. The van der Waals surface area contributed by atoms with Crippen molar-refractivity contribution in [2.75, 3.05) is 26.1 Å². The van der Waals surface area contributed by atoms with E-state index in [0.717, 1.165) is 30.5 Å². The number of ether oxygens (including phenoxy) is 2. The second-order valence-electron chi connectivity index (χ2n) is 14.3. The highest BCUT2D eigenvalue weighted by molar-refractivity contribution is 7.40. The van der Waals surface area contributed by atoms with Crippen LogP contribution >= 0.6 is 8.60 Å². The van der Waals surface area contributed by atoms with Gasteiger partial charge in [-0.3, -0.25) is 0 Å². The normalized spacial score (nSPS) is 13.0. The molecule has 0 saturated heterocycles. The van der Waals surface area contributed by atoms with Crippen LogP contribution in [0.15, 0.2) is 36.8 Å². The van der Waals surface area contributed by atoms with Crippen LogP contribution in [0.3, 0.4) is 0 Å². The van der Waals surface area contributed by atoms with Gasteiger partial charge in [-0.2, -0.15) is 15.6 Å². The zero-order valence-corrected chi connectivity index (χ0v) is 37.7. The lowest BCUT2D eigenvalue weighted by atomic mass is 9.99. The van der Waals surface area contributed by atoms with E-state index in [-0.39, 0.29) is 19.3 Å². The largest absolute Gasteiger partial charge is 0.382 e. The molecule has 0 amide bonds. The summed E-state index contributed by atoms with van der Waals surface area (Å²) in [5.74, 6) is 0.372. The van der Waals surface area contributed by atoms with Crippen LogP contribution < -0.4 is 5.73 Å². The molecule has 3 unspecified atom stereocenters. The fraction of sp³-hybridized carbons (Fsp3) is 0.711. The molecular weight excluding hydrogens is 750 g/mol. The number of aromatic nitrogens is 4. The molecule has 3 rings (SSSR count). The minimum absolute atomic E-state index is 0.134. The fourth-order valence-corrected chi connectivity index (χ4v) is 7.20. The number of pyridine rings is 1. The van der Waals surface area contributed by atoms with Crippen molar-refractivity contribution in [2.24, 2.45) is 0 Å². The van der Waals surface area contributed by atoms with Crippen molar-refractivity contribution in [3.05, 3.63) is 53.7 Å². The molecule has 0 aliphatic heterocycles. The van der Waals surface area contributed by atoms with Crippen LogP contribution in [0.25, 0.3) is 5.52 Å². The van der Waals surface area contributed by atoms with Gasteiger partial charge < -0.3 is 29.1 Å². The van der Waals surface area contributed by atoms with Gasteiger partial charge in [0, 0.05) is 19.0 Å². The van der Waals surface area contributed by atoms with Crippen LogP contribution in [0.2, 0.25) is 0 Å². The second kappa shape index (κ2) is 34.6. The molecular formula is C45H76N7O5P. The molecule has 0 radical (unpaired) electrons. The molecule has 3 heterocycles. The number of aryl methyl sites for hydroxylation is 1. The summed E-state index contributed by atoms with van der Waals surface area (Å²) in [4.78, 5) is 18.8. The standard InChI is InChI=1S/C41H64N7O5P.2C2H6/c1-3-4-5-6-7-8-9-10-11-12-13-14-15-16-17-18-19-20-21-38(51-30-35-22-23-36(28-42)45-29-35)31-52-54(49)53-33-41(32-43,50-2)27-26-37-24-25-39-40(44)46-34-47-48(37)39;2*1-2/h22-25,29,34,38,49H,3-21,26-27,30-31,33H2,1-2H3,(H2,44,46,47);2*1-2H3. The predicted octanol–water partition coefficient (Wildman–Crippen LogP) is 11.7. The van der Waals surface area contributed by atoms with E-state index in [1.165, 1.54) is 116 Å². The highest BCUT2D eigenvalue weighted by Gasteiger charge is 2.32. The van der Waals surface area contributed by atoms with Gasteiger partial charge in [0.05, 0.1) is 25.9 Å². The van der Waals surface area contributed by atoms with Crippen LogP contribution in [0.4, 0.5) is 5.82 Å². The number of hydrogen-bond donors (Lipinski definition) is 2. The van der Waals surface area contributed by atoms with Gasteiger partial charge in [0.15, 0.2) is 11.4 Å². The van der Waals surface area contributed by atoms with Gasteiger partial charge >= 0.3 is 8.60 Å². The smallest absolute Gasteiger partial charge is 0.330 e. The summed E-state index contributed by atoms with van der Waals surface area (Å²) in [6.45, 7) is 10.5. The first-order chi connectivity index (χ1) is 28.4. The van der Waals surface area contributed by atoms with Crippen molar-refractivity contribution in [1.29, 1.82) is 10.5 Å². The SMILES string of the molecule is CC.CC.CCCCCCCCCCCCCCCCCCCCC(COP(O)OCC(C#N)(CCc1ccc2c(N)ncnn12)OC)OCc1ccc(C#N)nc1. The molecule has 3 aromatic heterocycles. The number of hydrogen-bond acceptors (Lipinski definition) is 11. The summed E-state index contributed by atoms with van der Waals surface area (Å²) in [6, 6.07) is 11.5. The van der Waals surface area contributed by atoms with Crippen LogP contribution in [-0.2, 0) is 31.5 Å². The molecule has 326 valence electrons. The van der Waals surface area contributed by atoms with Gasteiger partial charge in [0.1, 0.15) is 29.7 Å². The summed E-state index contributed by atoms with van der Waals surface area (Å²) < 4.78 is 24.9. The van der Waals surface area contributed by atoms with Crippen molar-refractivity contribution in [2.45, 2.75) is 188 Å². The maximum atomic E-state index is 10.7. The Morgan fingerprint density at radius 1 is 0.810 bits per heavy atom. The van der Waals surface area contributed by atoms with E-state index in [0.29, 0.717) is 36.5 Å². The lowest BCUT2D eigenvalue weighted by Gasteiger charge is -2.26. The van der Waals surface area contributed by atoms with Gasteiger partial charge in [-0.15, -0.1) is 0 Å². The number of nitrogens with zero attached hydrogens (tertiary/aromatic N) is 6. The van der Waals surface area contributed by atoms with Gasteiger partial charge in [0.25, 0.3) is 0 Å². The van der Waals surface area contributed by atoms with E-state index in [1.807, 2.05) is 52.0 Å². The van der Waals surface area contributed by atoms with Crippen molar-refractivity contribution < 1.29 is 23.4 Å². The summed E-state index contributed by atoms with van der Waals surface area (Å²) >= 11 is 0. The zero-order chi connectivity index (χ0) is 42.7. The maximum absolute atomic E-state index is 10.7. The number of nitriles is 2. The van der Waals surface area contributed by atoms with Gasteiger partial charge in [0.2, 0.25) is 0 Å². The summed E-state index contributed by atoms with van der Waals surface area (Å²) in [5.41, 5.74) is 7.38. The number of nitrogen functional groups attached to an aromatic ring is 1. The van der Waals surface area contributed by atoms with Gasteiger partial charge in [-0.1, -0.05) is 156 Å². The van der Waals surface area contributed by atoms with E-state index in [1.54, 1.807) is 16.8 Å². The number of nitrogens with two attached hydrogens (primary N) is 1. The van der Waals surface area contributed by atoms with Crippen LogP contribution in [0.5, 0.6) is 0 Å². The van der Waals surface area contributed by atoms with Gasteiger partial charge in [-0.25, -0.2) is 14.5 Å². The molecule has 0 aliphatic carbocycles. The Morgan fingerprint density at radius 2 is 1.40 bits per heavy atom. The molecule has 0 spiro atoms. The van der Waals surface area contributed by atoms with Gasteiger partial charge in [-0.05, 0) is 43.0 Å². The topological polar surface area (TPSA) is 174 Å².